The molecule has 1 atom stereocenters. The standard InChI is InChI=1S/C10H17N3O2S/c1-4-6(2)5-12-9-7(10(14)15-3)8(11)13-16-9/h6,12H,4-5H2,1-3H3,(H2,11,13). The van der Waals surface area contributed by atoms with E-state index in [1.807, 2.05) is 0 Å². The van der Waals surface area contributed by atoms with Crippen LogP contribution in [0.15, 0.2) is 0 Å². The molecule has 1 unspecified atom stereocenters. The van der Waals surface area contributed by atoms with Crippen LogP contribution in [0.1, 0.15) is 30.6 Å². The van der Waals surface area contributed by atoms with Crippen LogP contribution in [0.2, 0.25) is 0 Å². The highest BCUT2D eigenvalue weighted by Crippen LogP contribution is 2.27. The number of hydrogen-bond acceptors (Lipinski definition) is 6. The van der Waals surface area contributed by atoms with Gasteiger partial charge in [0.1, 0.15) is 10.6 Å². The van der Waals surface area contributed by atoms with Crippen LogP contribution >= 0.6 is 11.5 Å². The fourth-order valence-electron chi connectivity index (χ4n) is 1.13. The lowest BCUT2D eigenvalue weighted by Gasteiger charge is -2.10. The molecule has 0 aliphatic carbocycles. The Morgan fingerprint density at radius 2 is 2.38 bits per heavy atom. The maximum absolute atomic E-state index is 11.5. The molecule has 1 aromatic rings. The van der Waals surface area contributed by atoms with Gasteiger partial charge in [-0.1, -0.05) is 20.3 Å². The molecule has 0 aromatic carbocycles. The van der Waals surface area contributed by atoms with Gasteiger partial charge in [-0.3, -0.25) is 0 Å². The zero-order valence-corrected chi connectivity index (χ0v) is 10.6. The number of aromatic nitrogens is 1. The highest BCUT2D eigenvalue weighted by atomic mass is 32.1. The van der Waals surface area contributed by atoms with Gasteiger partial charge < -0.3 is 15.8 Å². The predicted molar refractivity (Wildman–Crippen MR) is 65.8 cm³/mol. The zero-order valence-electron chi connectivity index (χ0n) is 9.74. The summed E-state index contributed by atoms with van der Waals surface area (Å²) < 4.78 is 8.60. The SMILES string of the molecule is CCC(C)CNc1snc(N)c1C(=O)OC. The third-order valence-corrected chi connectivity index (χ3v) is 3.24. The number of nitrogens with zero attached hydrogens (tertiary/aromatic N) is 1. The molecule has 0 radical (unpaired) electrons. The third kappa shape index (κ3) is 2.85. The van der Waals surface area contributed by atoms with E-state index in [2.05, 4.69) is 28.3 Å². The Morgan fingerprint density at radius 3 is 2.94 bits per heavy atom. The summed E-state index contributed by atoms with van der Waals surface area (Å²) >= 11 is 1.19. The lowest BCUT2D eigenvalue weighted by atomic mass is 10.1. The van der Waals surface area contributed by atoms with Crippen LogP contribution in [-0.4, -0.2) is 24.0 Å². The largest absolute Gasteiger partial charge is 0.465 e. The number of nitrogen functional groups attached to an aromatic ring is 1. The Balaban J connectivity index is 2.76. The van der Waals surface area contributed by atoms with E-state index in [1.165, 1.54) is 18.6 Å². The number of anilines is 2. The summed E-state index contributed by atoms with van der Waals surface area (Å²) in [6.45, 7) is 5.05. The fraction of sp³-hybridized carbons (Fsp3) is 0.600. The molecule has 6 heteroatoms. The lowest BCUT2D eigenvalue weighted by Crippen LogP contribution is -2.13. The van der Waals surface area contributed by atoms with Gasteiger partial charge in [0.05, 0.1) is 7.11 Å². The second-order valence-corrected chi connectivity index (χ2v) is 4.43. The van der Waals surface area contributed by atoms with Crippen LogP contribution in [0.25, 0.3) is 0 Å². The number of nitrogens with one attached hydrogen (secondary N) is 1. The minimum atomic E-state index is -0.446. The topological polar surface area (TPSA) is 77.2 Å². The Hall–Kier alpha value is -1.30. The van der Waals surface area contributed by atoms with Gasteiger partial charge >= 0.3 is 5.97 Å². The first-order chi connectivity index (χ1) is 7.60. The number of nitrogens with two attached hydrogens (primary N) is 1. The molecule has 0 saturated heterocycles. The number of rotatable bonds is 5. The molecule has 1 rings (SSSR count). The second-order valence-electron chi connectivity index (χ2n) is 3.66. The van der Waals surface area contributed by atoms with Gasteiger partial charge in [-0.05, 0) is 17.5 Å². The van der Waals surface area contributed by atoms with Gasteiger partial charge in [0.25, 0.3) is 0 Å². The van der Waals surface area contributed by atoms with Crippen molar-refractivity contribution in [3.05, 3.63) is 5.56 Å². The lowest BCUT2D eigenvalue weighted by molar-refractivity contribution is 0.0603. The number of carbonyl (C=O) groups is 1. The van der Waals surface area contributed by atoms with E-state index in [0.29, 0.717) is 16.5 Å². The van der Waals surface area contributed by atoms with Gasteiger partial charge in [0.15, 0.2) is 5.82 Å². The van der Waals surface area contributed by atoms with Gasteiger partial charge in [-0.2, -0.15) is 4.37 Å². The molecule has 3 N–H and O–H groups in total. The normalized spacial score (nSPS) is 12.2. The van der Waals surface area contributed by atoms with Gasteiger partial charge in [-0.25, -0.2) is 4.79 Å². The quantitative estimate of drug-likeness (QED) is 0.773. The van der Waals surface area contributed by atoms with Crippen molar-refractivity contribution in [1.82, 2.24) is 4.37 Å². The molecule has 0 spiro atoms. The van der Waals surface area contributed by atoms with Crippen LogP contribution in [0.3, 0.4) is 0 Å². The van der Waals surface area contributed by atoms with Crippen LogP contribution in [0.5, 0.6) is 0 Å². The summed E-state index contributed by atoms with van der Waals surface area (Å²) in [6, 6.07) is 0. The molecule has 0 saturated carbocycles. The number of ether oxygens (including phenoxy) is 1. The minimum Gasteiger partial charge on any atom is -0.465 e. The fourth-order valence-corrected chi connectivity index (χ4v) is 1.84. The van der Waals surface area contributed by atoms with E-state index in [-0.39, 0.29) is 5.82 Å². The molecular formula is C10H17N3O2S. The van der Waals surface area contributed by atoms with E-state index in [1.54, 1.807) is 0 Å². The smallest absolute Gasteiger partial charge is 0.344 e. The van der Waals surface area contributed by atoms with Crippen LogP contribution < -0.4 is 11.1 Å². The molecule has 0 fully saturated rings. The molecule has 0 amide bonds. The van der Waals surface area contributed by atoms with Gasteiger partial charge in [0, 0.05) is 6.54 Å². The highest BCUT2D eigenvalue weighted by molar-refractivity contribution is 7.11. The van der Waals surface area contributed by atoms with Crippen LogP contribution in [-0.2, 0) is 4.74 Å². The number of hydrogen-bond donors (Lipinski definition) is 2. The Labute approximate surface area is 99.2 Å². The summed E-state index contributed by atoms with van der Waals surface area (Å²) in [6.07, 6.45) is 1.08. The zero-order chi connectivity index (χ0) is 12.1. The van der Waals surface area contributed by atoms with Crippen molar-refractivity contribution in [2.75, 3.05) is 24.7 Å². The number of methoxy groups -OCH3 is 1. The van der Waals surface area contributed by atoms with Crippen molar-refractivity contribution in [1.29, 1.82) is 0 Å². The number of esters is 1. The molecule has 1 heterocycles. The second kappa shape index (κ2) is 5.69. The van der Waals surface area contributed by atoms with Crippen LogP contribution in [0.4, 0.5) is 10.8 Å². The molecule has 16 heavy (non-hydrogen) atoms. The predicted octanol–water partition coefficient (Wildman–Crippen LogP) is 1.97. The maximum atomic E-state index is 11.5. The molecular weight excluding hydrogens is 226 g/mol. The van der Waals surface area contributed by atoms with E-state index in [0.717, 1.165) is 13.0 Å². The van der Waals surface area contributed by atoms with Gasteiger partial charge in [0.2, 0.25) is 0 Å². The van der Waals surface area contributed by atoms with E-state index >= 15 is 0 Å². The first-order valence-electron chi connectivity index (χ1n) is 5.17. The monoisotopic (exact) mass is 243 g/mol. The van der Waals surface area contributed by atoms with Crippen molar-refractivity contribution < 1.29 is 9.53 Å². The number of carbonyl (C=O) groups excluding carboxylic acids is 1. The van der Waals surface area contributed by atoms with Crippen molar-refractivity contribution >= 4 is 28.3 Å². The van der Waals surface area contributed by atoms with Crippen molar-refractivity contribution in [2.45, 2.75) is 20.3 Å². The average molecular weight is 243 g/mol. The molecule has 0 aliphatic rings. The molecule has 0 bridgehead atoms. The molecule has 1 aromatic heterocycles. The van der Waals surface area contributed by atoms with Crippen molar-refractivity contribution in [3.63, 3.8) is 0 Å². The molecule has 5 nitrogen and oxygen atoms in total. The summed E-state index contributed by atoms with van der Waals surface area (Å²) in [5.74, 6) is 0.315. The van der Waals surface area contributed by atoms with E-state index in [9.17, 15) is 4.79 Å². The van der Waals surface area contributed by atoms with Crippen LogP contribution in [0, 0.1) is 5.92 Å². The van der Waals surface area contributed by atoms with Gasteiger partial charge in [-0.15, -0.1) is 0 Å². The Kier molecular flexibility index (Phi) is 4.54. The first kappa shape index (κ1) is 12.8. The first-order valence-corrected chi connectivity index (χ1v) is 5.94. The molecule has 90 valence electrons. The summed E-state index contributed by atoms with van der Waals surface area (Å²) in [7, 11) is 1.33. The average Bonchev–Trinajstić information content (AvgIpc) is 2.66. The Bertz CT molecular complexity index is 365. The highest BCUT2D eigenvalue weighted by Gasteiger charge is 2.19. The van der Waals surface area contributed by atoms with Crippen molar-refractivity contribution in [2.24, 2.45) is 5.92 Å². The third-order valence-electron chi connectivity index (χ3n) is 2.42. The Morgan fingerprint density at radius 1 is 1.69 bits per heavy atom. The van der Waals surface area contributed by atoms with E-state index < -0.39 is 5.97 Å². The minimum absolute atomic E-state index is 0.225. The maximum Gasteiger partial charge on any atom is 0.344 e. The molecule has 0 aliphatic heterocycles. The van der Waals surface area contributed by atoms with Crippen molar-refractivity contribution in [3.8, 4) is 0 Å². The van der Waals surface area contributed by atoms with E-state index in [4.69, 9.17) is 5.73 Å². The summed E-state index contributed by atoms with van der Waals surface area (Å²) in [5, 5.41) is 3.86. The summed E-state index contributed by atoms with van der Waals surface area (Å²) in [5.41, 5.74) is 5.96. The summed E-state index contributed by atoms with van der Waals surface area (Å²) in [4.78, 5) is 11.5.